The second-order valence-corrected chi connectivity index (χ2v) is 10.4. The van der Waals surface area contributed by atoms with E-state index < -0.39 is 9.96 Å². The number of pyridine rings is 2. The van der Waals surface area contributed by atoms with Crippen LogP contribution in [-0.2, 0) is 11.2 Å². The molecule has 1 aromatic carbocycles. The Hall–Kier alpha value is -3.32. The smallest absolute Gasteiger partial charge is 0.228 e. The Bertz CT molecular complexity index is 1180. The maximum Gasteiger partial charge on any atom is 0.228 e. The number of carbonyl (C=O) groups excluding carboxylic acids is 1. The molecule has 0 spiro atoms. The van der Waals surface area contributed by atoms with Gasteiger partial charge in [-0.05, 0) is 36.3 Å². The van der Waals surface area contributed by atoms with E-state index in [0.29, 0.717) is 24.6 Å². The van der Waals surface area contributed by atoms with Crippen LogP contribution in [0.5, 0.6) is 0 Å². The summed E-state index contributed by atoms with van der Waals surface area (Å²) < 4.78 is -1.79. The van der Waals surface area contributed by atoms with Crippen LogP contribution in [0.1, 0.15) is 17.5 Å². The topological polar surface area (TPSA) is 61.4 Å². The number of fused-ring (bicyclic) bond motifs is 1. The molecule has 1 fully saturated rings. The molecular formula is C24H24Cl3LrN5OS-2. The minimum atomic E-state index is -1.79. The Morgan fingerprint density at radius 2 is 1.86 bits per heavy atom. The third-order valence-corrected chi connectivity index (χ3v) is 6.56. The molecule has 2 aromatic heterocycles. The van der Waals surface area contributed by atoms with E-state index in [1.807, 2.05) is 41.3 Å². The fourth-order valence-corrected chi connectivity index (χ4v) is 4.72. The van der Waals surface area contributed by atoms with E-state index in [9.17, 15) is 4.79 Å². The van der Waals surface area contributed by atoms with Gasteiger partial charge in [0, 0.05) is 49.3 Å². The average Bonchev–Trinajstić information content (AvgIpc) is 3.17. The second-order valence-electron chi connectivity index (χ2n) is 7.64. The van der Waals surface area contributed by atoms with Gasteiger partial charge in [0.05, 0.1) is 0 Å². The van der Waals surface area contributed by atoms with Crippen molar-refractivity contribution >= 4 is 74.6 Å². The first-order chi connectivity index (χ1) is 15.8. The quantitative estimate of drug-likeness (QED) is 0.213. The van der Waals surface area contributed by atoms with Gasteiger partial charge in [0.2, 0.25) is 9.70 Å². The Balaban J connectivity index is 0.00000216. The average molecular weight is 799 g/mol. The molecule has 35 heavy (non-hydrogen) atoms. The van der Waals surface area contributed by atoms with Gasteiger partial charge in [0.15, 0.2) is 11.3 Å². The zero-order valence-electron chi connectivity index (χ0n) is 18.8. The Morgan fingerprint density at radius 3 is 2.54 bits per heavy atom. The minimum absolute atomic E-state index is 0. The fraction of sp³-hybridized carbons (Fsp3) is 0.250. The van der Waals surface area contributed by atoms with Gasteiger partial charge in [0.25, 0.3) is 0 Å². The molecule has 195 valence electrons. The number of hydrogen-bond acceptors (Lipinski definition) is 4. The maximum absolute atomic E-state index is 12.7. The van der Waals surface area contributed by atoms with Gasteiger partial charge in [-0.3, -0.25) is 14.8 Å². The third kappa shape index (κ3) is 6.03. The van der Waals surface area contributed by atoms with Crippen molar-refractivity contribution in [2.75, 3.05) is 18.0 Å². The number of carbonyl (C=O) groups is 1. The summed E-state index contributed by atoms with van der Waals surface area (Å²) in [4.78, 5) is 24.9. The van der Waals surface area contributed by atoms with E-state index >= 15 is 0 Å². The monoisotopic (exact) mass is 797 g/mol. The number of benzene rings is 1. The van der Waals surface area contributed by atoms with Crippen LogP contribution in [0.25, 0.3) is 10.9 Å². The number of nitrogens with zero attached hydrogens (tertiary/aromatic N) is 4. The number of aromatic nitrogens is 2. The molecule has 1 saturated heterocycles. The van der Waals surface area contributed by atoms with Gasteiger partial charge in [-0.1, -0.05) is 46.9 Å². The van der Waals surface area contributed by atoms with E-state index in [4.69, 9.17) is 47.0 Å². The normalized spacial score (nSPS) is 14.3. The summed E-state index contributed by atoms with van der Waals surface area (Å²) in [6.45, 7) is 5.11. The fourth-order valence-electron chi connectivity index (χ4n) is 3.82. The summed E-state index contributed by atoms with van der Waals surface area (Å²) >= 11 is 24.6. The molecule has 0 aliphatic carbocycles. The van der Waals surface area contributed by atoms with Crippen LogP contribution in [0, 0.1) is 14.4 Å². The Labute approximate surface area is 220 Å². The summed E-state index contributed by atoms with van der Waals surface area (Å²) in [5, 5.41) is 4.25. The molecule has 3 heterocycles. The summed E-state index contributed by atoms with van der Waals surface area (Å²) in [6, 6.07) is 11.4. The molecule has 1 aliphatic heterocycles. The van der Waals surface area contributed by atoms with Crippen molar-refractivity contribution in [2.24, 2.45) is 0 Å². The van der Waals surface area contributed by atoms with E-state index in [1.165, 1.54) is 0 Å². The minimum Gasteiger partial charge on any atom is -0.358 e. The molecule has 6 nitrogen and oxygen atoms in total. The molecule has 1 N–H and O–H groups in total. The van der Waals surface area contributed by atoms with E-state index in [0.717, 1.165) is 27.7 Å². The molecule has 1 unspecified atom stereocenters. The molecule has 11 heteroatoms. The standard InChI is InChI=1S/C23H21Cl3N5OS.CH3.Lr/c1-15-4-6-18(20-17(15)3-2-10-28-20)30-13-14-31(22(30)33)21(23(24,25)26)29-19(32)7-5-16-8-11-27-12-9-16;;/h2-4,6,8-12,21H,1,5,7,13-14H2,(H,29,32);1H3;/q2*-1;. The van der Waals surface area contributed by atoms with Crippen LogP contribution in [0.15, 0.2) is 55.0 Å². The number of amides is 1. The second kappa shape index (κ2) is 11.4. The third-order valence-electron chi connectivity index (χ3n) is 5.48. The largest absolute Gasteiger partial charge is 0.358 e. The van der Waals surface area contributed by atoms with Gasteiger partial charge in [0.1, 0.15) is 0 Å². The van der Waals surface area contributed by atoms with Crippen molar-refractivity contribution in [3.05, 3.63) is 80.5 Å². The Kier molecular flexibility index (Phi) is 9.10. The zero-order valence-corrected chi connectivity index (χ0v) is 24.0. The number of alkyl halides is 3. The molecule has 0 saturated carbocycles. The molecule has 0 bridgehead atoms. The summed E-state index contributed by atoms with van der Waals surface area (Å²) in [5.74, 6) is -0.238. The van der Waals surface area contributed by atoms with E-state index in [2.05, 4.69) is 22.2 Å². The van der Waals surface area contributed by atoms with Crippen LogP contribution in [0.4, 0.5) is 5.69 Å². The van der Waals surface area contributed by atoms with Crippen molar-refractivity contribution in [3.63, 3.8) is 0 Å². The van der Waals surface area contributed by atoms with Crippen molar-refractivity contribution in [2.45, 2.75) is 22.8 Å². The molecule has 1 aliphatic rings. The molecule has 1 atom stereocenters. The van der Waals surface area contributed by atoms with Gasteiger partial charge >= 0.3 is 0 Å². The summed E-state index contributed by atoms with van der Waals surface area (Å²) in [6.07, 6.45) is 4.98. The van der Waals surface area contributed by atoms with Gasteiger partial charge in [-0.15, -0.1) is 11.5 Å². The summed E-state index contributed by atoms with van der Waals surface area (Å²) in [5.41, 5.74) is 3.52. The van der Waals surface area contributed by atoms with Crippen LogP contribution in [0.3, 0.4) is 0 Å². The number of hydrogen-bond donors (Lipinski definition) is 1. The van der Waals surface area contributed by atoms with Crippen molar-refractivity contribution in [1.29, 1.82) is 0 Å². The molecule has 4 rings (SSSR count). The first-order valence-corrected chi connectivity index (χ1v) is 11.8. The van der Waals surface area contributed by atoms with Crippen molar-refractivity contribution < 1.29 is 4.79 Å². The zero-order chi connectivity index (χ0) is 23.6. The number of aryl methyl sites for hydroxylation is 1. The molecular weight excluding hydrogens is 775 g/mol. The first-order valence-electron chi connectivity index (χ1n) is 10.3. The van der Waals surface area contributed by atoms with E-state index in [1.54, 1.807) is 23.5 Å². The maximum atomic E-state index is 12.7. The molecule has 3 aromatic rings. The van der Waals surface area contributed by atoms with Crippen LogP contribution in [-0.4, -0.2) is 48.9 Å². The molecule has 1 radical (unpaired) electrons. The predicted molar refractivity (Wildman–Crippen MR) is 144 cm³/mol. The van der Waals surface area contributed by atoms with Crippen LogP contribution < -0.4 is 10.2 Å². The first kappa shape index (κ1) is 27.9. The number of halogens is 3. The van der Waals surface area contributed by atoms with Gasteiger partial charge in [-0.2, -0.15) is 18.6 Å². The number of rotatable bonds is 6. The van der Waals surface area contributed by atoms with Crippen LogP contribution >= 0.6 is 47.0 Å². The predicted octanol–water partition coefficient (Wildman–Crippen LogP) is 5.11. The Morgan fingerprint density at radius 1 is 1.14 bits per heavy atom. The summed E-state index contributed by atoms with van der Waals surface area (Å²) in [7, 11) is 0. The SMILES string of the molecule is [CH2-]c1ccc(N2CCN(C(NC(=O)CCc3ccncc3)C(Cl)(Cl)Cl)C2=S)c2ncccc12.[CH3-].[Lr]. The van der Waals surface area contributed by atoms with Gasteiger partial charge in [-0.25, -0.2) is 0 Å². The number of nitrogens with one attached hydrogen (secondary N) is 1. The number of anilines is 1. The van der Waals surface area contributed by atoms with Crippen molar-refractivity contribution in [1.82, 2.24) is 20.2 Å². The van der Waals surface area contributed by atoms with Crippen LogP contribution in [0.2, 0.25) is 0 Å². The van der Waals surface area contributed by atoms with Gasteiger partial charge < -0.3 is 22.5 Å². The van der Waals surface area contributed by atoms with Crippen molar-refractivity contribution in [3.8, 4) is 0 Å². The molecule has 1 amide bonds. The van der Waals surface area contributed by atoms with E-state index in [-0.39, 0.29) is 19.8 Å². The number of thiocarbonyl (C=S) groups is 1.